The van der Waals surface area contributed by atoms with Crippen LogP contribution in [0.4, 0.5) is 0 Å². The van der Waals surface area contributed by atoms with Crippen molar-refractivity contribution in [1.82, 2.24) is 0 Å². The first-order valence-electron chi connectivity index (χ1n) is 26.2. The smallest absolute Gasteiger partial charge is 0.306 e. The van der Waals surface area contributed by atoms with E-state index in [0.29, 0.717) is 19.3 Å². The molecule has 0 aromatic carbocycles. The van der Waals surface area contributed by atoms with Gasteiger partial charge in [-0.3, -0.25) is 14.4 Å². The molecule has 6 nitrogen and oxygen atoms in total. The predicted octanol–water partition coefficient (Wildman–Crippen LogP) is 17.2. The van der Waals surface area contributed by atoms with E-state index in [-0.39, 0.29) is 31.1 Å². The average molecular weight is 877 g/mol. The Morgan fingerprint density at radius 3 is 1.05 bits per heavy atom. The molecule has 0 rings (SSSR count). The molecule has 1 unspecified atom stereocenters. The summed E-state index contributed by atoms with van der Waals surface area (Å²) in [5, 5.41) is 0. The van der Waals surface area contributed by atoms with Crippen LogP contribution in [0.5, 0.6) is 0 Å². The van der Waals surface area contributed by atoms with E-state index in [2.05, 4.69) is 69.4 Å². The topological polar surface area (TPSA) is 78.9 Å². The third-order valence-corrected chi connectivity index (χ3v) is 11.0. The number of ether oxygens (including phenoxy) is 3. The van der Waals surface area contributed by atoms with E-state index in [1.165, 1.54) is 103 Å². The number of carbonyl (C=O) groups is 3. The summed E-state index contributed by atoms with van der Waals surface area (Å²) in [4.78, 5) is 38.0. The molecular weight excluding hydrogens is 781 g/mol. The third kappa shape index (κ3) is 49.5. The Hall–Kier alpha value is -3.41. The molecule has 0 bridgehead atoms. The SMILES string of the molecule is CC\C=C/C=C\C=C/C=C\CCCCCC(=O)OCC(COC(=O)CCCCC/C=C\C=C/CCCCCCCCC)OC(=O)CCCCCCC/C=C\CCCCCCCCC. The van der Waals surface area contributed by atoms with Crippen molar-refractivity contribution >= 4 is 17.9 Å². The van der Waals surface area contributed by atoms with E-state index >= 15 is 0 Å². The number of carbonyl (C=O) groups excluding carboxylic acids is 3. The molecule has 1 atom stereocenters. The van der Waals surface area contributed by atoms with Crippen molar-refractivity contribution in [2.75, 3.05) is 13.2 Å². The van der Waals surface area contributed by atoms with E-state index in [1.54, 1.807) is 0 Å². The molecule has 360 valence electrons. The standard InChI is InChI=1S/C57H96O6/c1-4-7-10-13-16-19-22-25-27-29-32-35-38-41-44-47-50-56(59)62-53-54(52-61-55(58)49-46-43-40-37-34-31-24-21-18-15-12-9-6-3)63-57(60)51-48-45-42-39-36-33-30-28-26-23-20-17-14-11-8-5-2/h9,12,15,18,21,24,27-32,34-35,54H,4-8,10-11,13-14,16-17,19-20,22-23,25-26,33,36-53H2,1-3H3/b12-9-,18-15-,24-21-,29-27-,30-28-,34-31-,35-32-. The van der Waals surface area contributed by atoms with Crippen LogP contribution in [0.3, 0.4) is 0 Å². The van der Waals surface area contributed by atoms with E-state index in [1.807, 2.05) is 36.5 Å². The molecule has 0 aliphatic rings. The zero-order valence-electron chi connectivity index (χ0n) is 41.1. The summed E-state index contributed by atoms with van der Waals surface area (Å²) in [7, 11) is 0. The third-order valence-electron chi connectivity index (χ3n) is 11.0. The largest absolute Gasteiger partial charge is 0.462 e. The molecule has 0 radical (unpaired) electrons. The van der Waals surface area contributed by atoms with Crippen LogP contribution in [0, 0.1) is 0 Å². The normalized spacial score (nSPS) is 12.7. The minimum absolute atomic E-state index is 0.107. The first-order valence-corrected chi connectivity index (χ1v) is 26.2. The van der Waals surface area contributed by atoms with E-state index < -0.39 is 6.10 Å². The maximum Gasteiger partial charge on any atom is 0.306 e. The van der Waals surface area contributed by atoms with Crippen molar-refractivity contribution in [3.63, 3.8) is 0 Å². The molecule has 0 amide bonds. The monoisotopic (exact) mass is 877 g/mol. The number of allylic oxidation sites excluding steroid dienone is 14. The first kappa shape index (κ1) is 59.6. The van der Waals surface area contributed by atoms with E-state index in [0.717, 1.165) is 96.3 Å². The van der Waals surface area contributed by atoms with Crippen LogP contribution in [-0.2, 0) is 28.6 Å². The summed E-state index contributed by atoms with van der Waals surface area (Å²) >= 11 is 0. The van der Waals surface area contributed by atoms with Crippen LogP contribution in [0.1, 0.15) is 239 Å². The summed E-state index contributed by atoms with van der Waals surface area (Å²) in [6.45, 7) is 6.42. The molecule has 0 aliphatic heterocycles. The quantitative estimate of drug-likeness (QED) is 0.0199. The van der Waals surface area contributed by atoms with E-state index in [9.17, 15) is 14.4 Å². The van der Waals surface area contributed by atoms with Gasteiger partial charge in [0.2, 0.25) is 0 Å². The second-order valence-corrected chi connectivity index (χ2v) is 17.2. The zero-order chi connectivity index (χ0) is 45.8. The van der Waals surface area contributed by atoms with Crippen molar-refractivity contribution in [2.45, 2.75) is 245 Å². The number of unbranched alkanes of at least 4 members (excludes halogenated alkanes) is 25. The summed E-state index contributed by atoms with van der Waals surface area (Å²) in [5.74, 6) is -0.979. The van der Waals surface area contributed by atoms with Crippen LogP contribution in [0.25, 0.3) is 0 Å². The summed E-state index contributed by atoms with van der Waals surface area (Å²) < 4.78 is 16.7. The molecule has 0 aliphatic carbocycles. The Morgan fingerprint density at radius 1 is 0.333 bits per heavy atom. The fourth-order valence-electron chi connectivity index (χ4n) is 7.03. The van der Waals surface area contributed by atoms with Crippen LogP contribution < -0.4 is 0 Å². The number of hydrogen-bond donors (Lipinski definition) is 0. The number of hydrogen-bond acceptors (Lipinski definition) is 6. The molecule has 0 aromatic rings. The second-order valence-electron chi connectivity index (χ2n) is 17.2. The van der Waals surface area contributed by atoms with Crippen molar-refractivity contribution in [3.05, 3.63) is 85.1 Å². The van der Waals surface area contributed by atoms with Gasteiger partial charge in [0.25, 0.3) is 0 Å². The van der Waals surface area contributed by atoms with Gasteiger partial charge >= 0.3 is 17.9 Å². The summed E-state index contributed by atoms with van der Waals surface area (Å²) in [5.41, 5.74) is 0. The zero-order valence-corrected chi connectivity index (χ0v) is 41.1. The van der Waals surface area contributed by atoms with Gasteiger partial charge < -0.3 is 14.2 Å². The molecule has 0 fully saturated rings. The predicted molar refractivity (Wildman–Crippen MR) is 270 cm³/mol. The molecule has 0 saturated carbocycles. The highest BCUT2D eigenvalue weighted by atomic mass is 16.6. The van der Waals surface area contributed by atoms with Crippen molar-refractivity contribution in [2.24, 2.45) is 0 Å². The Kier molecular flexibility index (Phi) is 48.5. The Bertz CT molecular complexity index is 1240. The molecule has 6 heteroatoms. The highest BCUT2D eigenvalue weighted by Gasteiger charge is 2.19. The van der Waals surface area contributed by atoms with Crippen LogP contribution in [0.2, 0.25) is 0 Å². The molecular formula is C57H96O6. The van der Waals surface area contributed by atoms with Gasteiger partial charge in [0, 0.05) is 19.3 Å². The van der Waals surface area contributed by atoms with E-state index in [4.69, 9.17) is 14.2 Å². The minimum Gasteiger partial charge on any atom is -0.462 e. The fourth-order valence-corrected chi connectivity index (χ4v) is 7.03. The van der Waals surface area contributed by atoms with Gasteiger partial charge in [0.05, 0.1) is 0 Å². The first-order chi connectivity index (χ1) is 31.0. The molecule has 0 N–H and O–H groups in total. The molecule has 0 heterocycles. The average Bonchev–Trinajstić information content (AvgIpc) is 3.28. The molecule has 0 saturated heterocycles. The van der Waals surface area contributed by atoms with Gasteiger partial charge in [-0.25, -0.2) is 0 Å². The summed E-state index contributed by atoms with van der Waals surface area (Å²) in [6.07, 6.45) is 65.7. The second kappa shape index (κ2) is 51.2. The van der Waals surface area contributed by atoms with Gasteiger partial charge in [0.15, 0.2) is 6.10 Å². The fraction of sp³-hybridized carbons (Fsp3) is 0.702. The lowest BCUT2D eigenvalue weighted by Crippen LogP contribution is -2.30. The van der Waals surface area contributed by atoms with Gasteiger partial charge in [-0.1, -0.05) is 215 Å². The Balaban J connectivity index is 4.49. The molecule has 0 aromatic heterocycles. The summed E-state index contributed by atoms with van der Waals surface area (Å²) in [6, 6.07) is 0. The van der Waals surface area contributed by atoms with Crippen molar-refractivity contribution in [3.8, 4) is 0 Å². The maximum atomic E-state index is 12.8. The van der Waals surface area contributed by atoms with Crippen LogP contribution in [0.15, 0.2) is 85.1 Å². The van der Waals surface area contributed by atoms with Gasteiger partial charge in [-0.05, 0) is 89.9 Å². The maximum absolute atomic E-state index is 12.8. The van der Waals surface area contributed by atoms with Crippen LogP contribution >= 0.6 is 0 Å². The van der Waals surface area contributed by atoms with Gasteiger partial charge in [0.1, 0.15) is 13.2 Å². The highest BCUT2D eigenvalue weighted by molar-refractivity contribution is 5.71. The number of esters is 3. The lowest BCUT2D eigenvalue weighted by molar-refractivity contribution is -0.167. The van der Waals surface area contributed by atoms with Gasteiger partial charge in [-0.2, -0.15) is 0 Å². The highest BCUT2D eigenvalue weighted by Crippen LogP contribution is 2.13. The Morgan fingerprint density at radius 2 is 0.635 bits per heavy atom. The lowest BCUT2D eigenvalue weighted by Gasteiger charge is -2.18. The number of rotatable bonds is 46. The van der Waals surface area contributed by atoms with Crippen LogP contribution in [-0.4, -0.2) is 37.2 Å². The van der Waals surface area contributed by atoms with Crippen molar-refractivity contribution in [1.29, 1.82) is 0 Å². The van der Waals surface area contributed by atoms with Crippen molar-refractivity contribution < 1.29 is 28.6 Å². The van der Waals surface area contributed by atoms with Gasteiger partial charge in [-0.15, -0.1) is 0 Å². The molecule has 0 spiro atoms. The minimum atomic E-state index is -0.807. The lowest BCUT2D eigenvalue weighted by atomic mass is 10.1. The molecule has 63 heavy (non-hydrogen) atoms. The Labute approximate surface area is 388 Å².